The van der Waals surface area contributed by atoms with Gasteiger partial charge in [0.2, 0.25) is 0 Å². The zero-order valence-corrected chi connectivity index (χ0v) is 17.1. The van der Waals surface area contributed by atoms with E-state index in [1.54, 1.807) is 22.8 Å². The van der Waals surface area contributed by atoms with Gasteiger partial charge in [0.15, 0.2) is 0 Å². The smallest absolute Gasteiger partial charge is 0.332 e. The van der Waals surface area contributed by atoms with E-state index in [4.69, 9.17) is 23.2 Å². The van der Waals surface area contributed by atoms with E-state index in [9.17, 15) is 4.79 Å². The normalized spacial score (nSPS) is 14.9. The fourth-order valence-corrected chi connectivity index (χ4v) is 4.23. The van der Waals surface area contributed by atoms with E-state index >= 15 is 0 Å². The number of aromatic amines is 1. The molecule has 146 valence electrons. The number of benzene rings is 2. The van der Waals surface area contributed by atoms with Crippen LogP contribution in [-0.2, 0) is 0 Å². The van der Waals surface area contributed by atoms with Crippen LogP contribution in [0.25, 0.3) is 16.9 Å². The maximum atomic E-state index is 12.9. The lowest BCUT2D eigenvalue weighted by atomic mass is 9.89. The van der Waals surface area contributed by atoms with Gasteiger partial charge in [-0.2, -0.15) is 0 Å². The summed E-state index contributed by atoms with van der Waals surface area (Å²) < 4.78 is 1.65. The highest BCUT2D eigenvalue weighted by Crippen LogP contribution is 2.31. The number of anilines is 1. The first-order chi connectivity index (χ1) is 13.6. The summed E-state index contributed by atoms with van der Waals surface area (Å²) in [5.74, 6) is 1.39. The first kappa shape index (κ1) is 19.2. The maximum absolute atomic E-state index is 12.9. The second-order valence-electron chi connectivity index (χ2n) is 7.34. The summed E-state index contributed by atoms with van der Waals surface area (Å²) >= 11 is 12.3. The van der Waals surface area contributed by atoms with Crippen LogP contribution in [0, 0.1) is 5.92 Å². The van der Waals surface area contributed by atoms with E-state index in [0.29, 0.717) is 21.7 Å². The predicted octanol–water partition coefficient (Wildman–Crippen LogP) is 6.13. The van der Waals surface area contributed by atoms with Gasteiger partial charge < -0.3 is 5.32 Å². The second-order valence-corrected chi connectivity index (χ2v) is 8.15. The molecule has 1 saturated carbocycles. The molecular formula is C22H23Cl2N3O. The van der Waals surface area contributed by atoms with E-state index in [0.717, 1.165) is 23.6 Å². The molecular weight excluding hydrogens is 393 g/mol. The van der Waals surface area contributed by atoms with Crippen LogP contribution in [0.5, 0.6) is 0 Å². The van der Waals surface area contributed by atoms with E-state index in [1.807, 2.05) is 30.3 Å². The molecule has 0 atom stereocenters. The Labute approximate surface area is 174 Å². The molecule has 1 aliphatic carbocycles. The Morgan fingerprint density at radius 1 is 1.00 bits per heavy atom. The van der Waals surface area contributed by atoms with Crippen LogP contribution in [0.15, 0.2) is 53.3 Å². The average molecular weight is 416 g/mol. The van der Waals surface area contributed by atoms with Crippen LogP contribution < -0.4 is 11.0 Å². The second kappa shape index (κ2) is 8.46. The minimum absolute atomic E-state index is 0.205. The standard InChI is InChI=1S/C22H23Cl2N3O/c23-18-12-11-17(13-19(18)24)27-20(16-9-5-2-6-10-16)21(26-22(27)28)25-14-15-7-3-1-4-8-15/h2,5-6,9-13,15,25H,1,3-4,7-8,14H2,(H,26,28). The zero-order valence-electron chi connectivity index (χ0n) is 15.6. The van der Waals surface area contributed by atoms with Crippen molar-refractivity contribution in [1.29, 1.82) is 0 Å². The van der Waals surface area contributed by atoms with Gasteiger partial charge in [0.05, 0.1) is 21.4 Å². The molecule has 0 radical (unpaired) electrons. The molecule has 4 nitrogen and oxygen atoms in total. The average Bonchev–Trinajstić information content (AvgIpc) is 3.06. The maximum Gasteiger partial charge on any atom is 0.332 e. The van der Waals surface area contributed by atoms with Crippen molar-refractivity contribution in [2.24, 2.45) is 5.92 Å². The van der Waals surface area contributed by atoms with Crippen LogP contribution in [0.4, 0.5) is 5.82 Å². The predicted molar refractivity (Wildman–Crippen MR) is 117 cm³/mol. The largest absolute Gasteiger partial charge is 0.369 e. The van der Waals surface area contributed by atoms with E-state index in [-0.39, 0.29) is 5.69 Å². The van der Waals surface area contributed by atoms with Gasteiger partial charge in [-0.15, -0.1) is 0 Å². The third kappa shape index (κ3) is 3.98. The Bertz CT molecular complexity index is 1000. The molecule has 0 amide bonds. The molecule has 4 rings (SSSR count). The Kier molecular flexibility index (Phi) is 5.79. The van der Waals surface area contributed by atoms with Gasteiger partial charge in [-0.3, -0.25) is 9.55 Å². The van der Waals surface area contributed by atoms with Crippen molar-refractivity contribution in [3.05, 3.63) is 69.1 Å². The van der Waals surface area contributed by atoms with E-state index in [2.05, 4.69) is 10.3 Å². The number of H-pyrrole nitrogens is 1. The highest BCUT2D eigenvalue weighted by Gasteiger charge is 2.20. The molecule has 0 bridgehead atoms. The lowest BCUT2D eigenvalue weighted by Gasteiger charge is -2.22. The van der Waals surface area contributed by atoms with Crippen molar-refractivity contribution in [3.8, 4) is 16.9 Å². The molecule has 0 spiro atoms. The van der Waals surface area contributed by atoms with Crippen molar-refractivity contribution < 1.29 is 0 Å². The molecule has 1 aromatic heterocycles. The summed E-state index contributed by atoms with van der Waals surface area (Å²) in [5.41, 5.74) is 2.24. The van der Waals surface area contributed by atoms with Gasteiger partial charge in [0.25, 0.3) is 0 Å². The number of nitrogens with one attached hydrogen (secondary N) is 2. The first-order valence-electron chi connectivity index (χ1n) is 9.73. The van der Waals surface area contributed by atoms with Gasteiger partial charge in [0, 0.05) is 12.1 Å². The molecule has 0 saturated heterocycles. The highest BCUT2D eigenvalue weighted by atomic mass is 35.5. The molecule has 0 aliphatic heterocycles. The number of halogens is 2. The number of nitrogens with zero attached hydrogens (tertiary/aromatic N) is 1. The third-order valence-corrected chi connectivity index (χ3v) is 6.14. The molecule has 6 heteroatoms. The third-order valence-electron chi connectivity index (χ3n) is 5.40. The summed E-state index contributed by atoms with van der Waals surface area (Å²) in [4.78, 5) is 15.9. The molecule has 2 N–H and O–H groups in total. The number of hydrogen-bond donors (Lipinski definition) is 2. The van der Waals surface area contributed by atoms with Crippen molar-refractivity contribution in [2.75, 3.05) is 11.9 Å². The molecule has 0 unspecified atom stereocenters. The summed E-state index contributed by atoms with van der Waals surface area (Å²) in [5, 5.41) is 4.39. The van der Waals surface area contributed by atoms with Crippen molar-refractivity contribution >= 4 is 29.0 Å². The monoisotopic (exact) mass is 415 g/mol. The summed E-state index contributed by atoms with van der Waals surface area (Å²) in [6.45, 7) is 0.862. The van der Waals surface area contributed by atoms with Gasteiger partial charge in [-0.25, -0.2) is 4.79 Å². The van der Waals surface area contributed by atoms with Crippen LogP contribution in [-0.4, -0.2) is 16.1 Å². The molecule has 1 fully saturated rings. The molecule has 2 aromatic carbocycles. The van der Waals surface area contributed by atoms with Crippen LogP contribution in [0.3, 0.4) is 0 Å². The van der Waals surface area contributed by atoms with Crippen LogP contribution >= 0.6 is 23.2 Å². The summed E-state index contributed by atoms with van der Waals surface area (Å²) in [6.07, 6.45) is 6.39. The fraction of sp³-hybridized carbons (Fsp3) is 0.318. The molecule has 28 heavy (non-hydrogen) atoms. The topological polar surface area (TPSA) is 49.8 Å². The molecule has 1 heterocycles. The fourth-order valence-electron chi connectivity index (χ4n) is 3.94. The quantitative estimate of drug-likeness (QED) is 0.526. The first-order valence-corrected chi connectivity index (χ1v) is 10.5. The Balaban J connectivity index is 1.76. The number of imidazole rings is 1. The molecule has 1 aliphatic rings. The van der Waals surface area contributed by atoms with E-state index in [1.165, 1.54) is 32.1 Å². The number of rotatable bonds is 5. The summed E-state index contributed by atoms with van der Waals surface area (Å²) in [7, 11) is 0. The van der Waals surface area contributed by atoms with Gasteiger partial charge in [-0.05, 0) is 37.0 Å². The number of hydrogen-bond acceptors (Lipinski definition) is 2. The zero-order chi connectivity index (χ0) is 19.5. The SMILES string of the molecule is O=c1[nH]c(NCC2CCCCC2)c(-c2ccccc2)n1-c1ccc(Cl)c(Cl)c1. The van der Waals surface area contributed by atoms with Gasteiger partial charge in [-0.1, -0.05) is 72.8 Å². The van der Waals surface area contributed by atoms with Gasteiger partial charge >= 0.3 is 5.69 Å². The van der Waals surface area contributed by atoms with Crippen molar-refractivity contribution in [3.63, 3.8) is 0 Å². The van der Waals surface area contributed by atoms with Crippen LogP contribution in [0.2, 0.25) is 10.0 Å². The molecule has 3 aromatic rings. The minimum atomic E-state index is -0.205. The van der Waals surface area contributed by atoms with Crippen LogP contribution in [0.1, 0.15) is 32.1 Å². The highest BCUT2D eigenvalue weighted by molar-refractivity contribution is 6.42. The Hall–Kier alpha value is -2.17. The minimum Gasteiger partial charge on any atom is -0.369 e. The summed E-state index contributed by atoms with van der Waals surface area (Å²) in [6, 6.07) is 15.1. The lowest BCUT2D eigenvalue weighted by molar-refractivity contribution is 0.373. The van der Waals surface area contributed by atoms with Crippen molar-refractivity contribution in [2.45, 2.75) is 32.1 Å². The Morgan fingerprint density at radius 2 is 1.75 bits per heavy atom. The van der Waals surface area contributed by atoms with E-state index < -0.39 is 0 Å². The van der Waals surface area contributed by atoms with Gasteiger partial charge in [0.1, 0.15) is 5.82 Å². The lowest BCUT2D eigenvalue weighted by Crippen LogP contribution is -2.17. The Morgan fingerprint density at radius 3 is 2.46 bits per heavy atom. The number of aromatic nitrogens is 2. The van der Waals surface area contributed by atoms with Crippen molar-refractivity contribution in [1.82, 2.24) is 9.55 Å².